The van der Waals surface area contributed by atoms with Gasteiger partial charge in [0.2, 0.25) is 0 Å². The lowest BCUT2D eigenvalue weighted by Crippen LogP contribution is -2.27. The molecule has 0 saturated heterocycles. The predicted octanol–water partition coefficient (Wildman–Crippen LogP) is 3.90. The van der Waals surface area contributed by atoms with E-state index >= 15 is 0 Å². The van der Waals surface area contributed by atoms with Crippen molar-refractivity contribution < 1.29 is 14.0 Å². The molecular formula is C18H19ClFN3O2. The van der Waals surface area contributed by atoms with Gasteiger partial charge < -0.3 is 10.6 Å². The van der Waals surface area contributed by atoms with Crippen LogP contribution in [0.4, 0.5) is 10.1 Å². The summed E-state index contributed by atoms with van der Waals surface area (Å²) in [6, 6.07) is 8.46. The van der Waals surface area contributed by atoms with Crippen LogP contribution in [0, 0.1) is 11.7 Å². The molecular weight excluding hydrogens is 345 g/mol. The molecule has 0 unspecified atom stereocenters. The molecule has 5 nitrogen and oxygen atoms in total. The maximum atomic E-state index is 13.2. The minimum Gasteiger partial charge on any atom is -0.351 e. The van der Waals surface area contributed by atoms with Gasteiger partial charge in [0.1, 0.15) is 17.2 Å². The van der Waals surface area contributed by atoms with E-state index in [0.29, 0.717) is 18.2 Å². The summed E-state index contributed by atoms with van der Waals surface area (Å²) in [6.07, 6.45) is 0.858. The number of anilines is 1. The highest BCUT2D eigenvalue weighted by atomic mass is 35.5. The van der Waals surface area contributed by atoms with Crippen LogP contribution in [0.3, 0.4) is 0 Å². The summed E-state index contributed by atoms with van der Waals surface area (Å²) in [7, 11) is 0. The topological polar surface area (TPSA) is 71.1 Å². The second-order valence-electron chi connectivity index (χ2n) is 5.93. The monoisotopic (exact) mass is 363 g/mol. The first kappa shape index (κ1) is 18.9. The molecule has 2 amide bonds. The summed E-state index contributed by atoms with van der Waals surface area (Å²) in [6.45, 7) is 4.68. The van der Waals surface area contributed by atoms with Crippen LogP contribution < -0.4 is 10.6 Å². The number of rotatable bonds is 6. The summed E-state index contributed by atoms with van der Waals surface area (Å²) in [5, 5.41) is 5.24. The number of aromatic nitrogens is 1. The Kier molecular flexibility index (Phi) is 6.47. The van der Waals surface area contributed by atoms with Crippen LogP contribution in [-0.2, 0) is 0 Å². The third-order valence-electron chi connectivity index (χ3n) is 3.40. The molecule has 0 aliphatic rings. The highest BCUT2D eigenvalue weighted by molar-refractivity contribution is 6.31. The first-order valence-electron chi connectivity index (χ1n) is 7.88. The first-order chi connectivity index (χ1) is 11.9. The Morgan fingerprint density at radius 3 is 2.48 bits per heavy atom. The molecule has 0 bridgehead atoms. The van der Waals surface area contributed by atoms with E-state index in [2.05, 4.69) is 29.5 Å². The number of hydrogen-bond acceptors (Lipinski definition) is 3. The number of benzene rings is 1. The lowest BCUT2D eigenvalue weighted by atomic mass is 10.1. The normalized spacial score (nSPS) is 10.6. The molecule has 0 aliphatic heterocycles. The zero-order valence-corrected chi connectivity index (χ0v) is 14.7. The summed E-state index contributed by atoms with van der Waals surface area (Å²) in [5.41, 5.74) is 0.579. The van der Waals surface area contributed by atoms with Gasteiger partial charge in [-0.15, -0.1) is 0 Å². The van der Waals surface area contributed by atoms with E-state index in [1.807, 2.05) is 0 Å². The summed E-state index contributed by atoms with van der Waals surface area (Å²) in [5.74, 6) is -0.939. The third kappa shape index (κ3) is 5.53. The Balaban J connectivity index is 2.05. The Morgan fingerprint density at radius 1 is 1.16 bits per heavy atom. The van der Waals surface area contributed by atoms with Gasteiger partial charge in [0, 0.05) is 12.2 Å². The number of hydrogen-bond donors (Lipinski definition) is 2. The molecule has 25 heavy (non-hydrogen) atoms. The summed E-state index contributed by atoms with van der Waals surface area (Å²) < 4.78 is 13.2. The first-order valence-corrected chi connectivity index (χ1v) is 8.26. The van der Waals surface area contributed by atoms with Crippen LogP contribution in [-0.4, -0.2) is 23.3 Å². The van der Waals surface area contributed by atoms with Crippen molar-refractivity contribution in [2.75, 3.05) is 11.9 Å². The zero-order chi connectivity index (χ0) is 18.4. The van der Waals surface area contributed by atoms with Crippen molar-refractivity contribution >= 4 is 29.1 Å². The number of halogens is 2. The molecule has 2 rings (SSSR count). The van der Waals surface area contributed by atoms with E-state index in [1.165, 1.54) is 24.3 Å². The van der Waals surface area contributed by atoms with Crippen LogP contribution in [0.1, 0.15) is 41.2 Å². The lowest BCUT2D eigenvalue weighted by Gasteiger charge is -2.08. The fourth-order valence-electron chi connectivity index (χ4n) is 2.02. The van der Waals surface area contributed by atoms with Gasteiger partial charge in [-0.05, 0) is 42.7 Å². The smallest absolute Gasteiger partial charge is 0.274 e. The molecule has 2 aromatic rings. The van der Waals surface area contributed by atoms with Crippen molar-refractivity contribution in [3.63, 3.8) is 0 Å². The van der Waals surface area contributed by atoms with Gasteiger partial charge in [-0.25, -0.2) is 9.37 Å². The number of carbonyl (C=O) groups excluding carboxylic acids is 2. The van der Waals surface area contributed by atoms with Gasteiger partial charge >= 0.3 is 0 Å². The zero-order valence-electron chi connectivity index (χ0n) is 14.0. The van der Waals surface area contributed by atoms with Gasteiger partial charge in [-0.2, -0.15) is 0 Å². The maximum Gasteiger partial charge on any atom is 0.274 e. The lowest BCUT2D eigenvalue weighted by molar-refractivity contribution is 0.0947. The SMILES string of the molecule is CC(C)CCNC(=O)c1cccc(C(=O)Nc2ccc(F)c(Cl)c2)n1. The molecule has 132 valence electrons. The Labute approximate surface area is 150 Å². The quantitative estimate of drug-likeness (QED) is 0.817. The van der Waals surface area contributed by atoms with Crippen LogP contribution >= 0.6 is 11.6 Å². The average molecular weight is 364 g/mol. The van der Waals surface area contributed by atoms with Crippen LogP contribution in [0.25, 0.3) is 0 Å². The largest absolute Gasteiger partial charge is 0.351 e. The van der Waals surface area contributed by atoms with E-state index in [1.54, 1.807) is 6.07 Å². The number of pyridine rings is 1. The van der Waals surface area contributed by atoms with Gasteiger partial charge in [0.05, 0.1) is 5.02 Å². The molecule has 0 aliphatic carbocycles. The Hall–Kier alpha value is -2.47. The Morgan fingerprint density at radius 2 is 1.84 bits per heavy atom. The fourth-order valence-corrected chi connectivity index (χ4v) is 2.20. The summed E-state index contributed by atoms with van der Waals surface area (Å²) in [4.78, 5) is 28.4. The highest BCUT2D eigenvalue weighted by Crippen LogP contribution is 2.19. The van der Waals surface area contributed by atoms with E-state index in [9.17, 15) is 14.0 Å². The van der Waals surface area contributed by atoms with E-state index in [-0.39, 0.29) is 22.3 Å². The molecule has 0 radical (unpaired) electrons. The number of amides is 2. The molecule has 1 heterocycles. The minimum atomic E-state index is -0.571. The highest BCUT2D eigenvalue weighted by Gasteiger charge is 2.13. The van der Waals surface area contributed by atoms with E-state index in [4.69, 9.17) is 11.6 Å². The van der Waals surface area contributed by atoms with Crippen molar-refractivity contribution in [1.29, 1.82) is 0 Å². The third-order valence-corrected chi connectivity index (χ3v) is 3.69. The van der Waals surface area contributed by atoms with Crippen molar-refractivity contribution in [2.24, 2.45) is 5.92 Å². The standard InChI is InChI=1S/C18H19ClFN3O2/c1-11(2)8-9-21-17(24)15-4-3-5-16(23-15)18(25)22-12-6-7-14(20)13(19)10-12/h3-7,10-11H,8-9H2,1-2H3,(H,21,24)(H,22,25). The maximum absolute atomic E-state index is 13.2. The minimum absolute atomic E-state index is 0.0805. The van der Waals surface area contributed by atoms with Crippen molar-refractivity contribution in [3.8, 4) is 0 Å². The molecule has 0 spiro atoms. The number of carbonyl (C=O) groups is 2. The van der Waals surface area contributed by atoms with Crippen LogP contribution in [0.5, 0.6) is 0 Å². The molecule has 0 saturated carbocycles. The van der Waals surface area contributed by atoms with E-state index < -0.39 is 11.7 Å². The molecule has 7 heteroatoms. The second kappa shape index (κ2) is 8.58. The number of nitrogens with zero attached hydrogens (tertiary/aromatic N) is 1. The fraction of sp³-hybridized carbons (Fsp3) is 0.278. The summed E-state index contributed by atoms with van der Waals surface area (Å²) >= 11 is 5.69. The molecule has 1 aromatic heterocycles. The Bertz CT molecular complexity index is 781. The van der Waals surface area contributed by atoms with Crippen molar-refractivity contribution in [2.45, 2.75) is 20.3 Å². The molecule has 0 atom stereocenters. The van der Waals surface area contributed by atoms with E-state index in [0.717, 1.165) is 12.5 Å². The second-order valence-corrected chi connectivity index (χ2v) is 6.34. The van der Waals surface area contributed by atoms with Gasteiger partial charge in [-0.1, -0.05) is 31.5 Å². The molecule has 2 N–H and O–H groups in total. The molecule has 1 aromatic carbocycles. The average Bonchev–Trinajstić information content (AvgIpc) is 2.58. The number of nitrogens with one attached hydrogen (secondary N) is 2. The van der Waals surface area contributed by atoms with Gasteiger partial charge in [0.25, 0.3) is 11.8 Å². The predicted molar refractivity (Wildman–Crippen MR) is 95.4 cm³/mol. The van der Waals surface area contributed by atoms with Crippen molar-refractivity contribution in [1.82, 2.24) is 10.3 Å². The van der Waals surface area contributed by atoms with Crippen molar-refractivity contribution in [3.05, 3.63) is 58.6 Å². The van der Waals surface area contributed by atoms with Crippen LogP contribution in [0.2, 0.25) is 5.02 Å². The van der Waals surface area contributed by atoms with Crippen LogP contribution in [0.15, 0.2) is 36.4 Å². The molecule has 0 fully saturated rings. The van der Waals surface area contributed by atoms with Gasteiger partial charge in [-0.3, -0.25) is 9.59 Å². The van der Waals surface area contributed by atoms with Gasteiger partial charge in [0.15, 0.2) is 0 Å².